The van der Waals surface area contributed by atoms with E-state index in [2.05, 4.69) is 10.3 Å². The van der Waals surface area contributed by atoms with Gasteiger partial charge >= 0.3 is 0 Å². The van der Waals surface area contributed by atoms with Gasteiger partial charge in [0.2, 0.25) is 5.91 Å². The molecule has 6 heteroatoms. The third-order valence-corrected chi connectivity index (χ3v) is 3.43. The summed E-state index contributed by atoms with van der Waals surface area (Å²) in [5.74, 6) is -0.201. The molecule has 5 nitrogen and oxygen atoms in total. The topological polar surface area (TPSA) is 64.0 Å². The first-order chi connectivity index (χ1) is 10.6. The summed E-state index contributed by atoms with van der Waals surface area (Å²) in [6.45, 7) is 0.0906. The second-order valence-corrected chi connectivity index (χ2v) is 5.20. The van der Waals surface area contributed by atoms with Crippen molar-refractivity contribution >= 4 is 34.1 Å². The molecule has 2 aromatic heterocycles. The first-order valence-corrected chi connectivity index (χ1v) is 7.00. The van der Waals surface area contributed by atoms with E-state index in [1.54, 1.807) is 53.5 Å². The van der Waals surface area contributed by atoms with Crippen molar-refractivity contribution in [2.45, 2.75) is 6.54 Å². The van der Waals surface area contributed by atoms with Crippen LogP contribution in [0, 0.1) is 0 Å². The predicted octanol–water partition coefficient (Wildman–Crippen LogP) is 2.69. The molecule has 0 aliphatic carbocycles. The third-order valence-electron chi connectivity index (χ3n) is 3.20. The Balaban J connectivity index is 1.89. The van der Waals surface area contributed by atoms with E-state index in [1.807, 2.05) is 0 Å². The van der Waals surface area contributed by atoms with Gasteiger partial charge in [-0.15, -0.1) is 0 Å². The quantitative estimate of drug-likeness (QED) is 0.808. The zero-order valence-electron chi connectivity index (χ0n) is 11.5. The number of aromatic nitrogens is 2. The standard InChI is InChI=1S/C16H12ClN3O2/c17-11-3-4-14-13(8-11)15(21)5-7-20(14)10-16(22)19-12-2-1-6-18-9-12/h1-9H,10H2,(H,19,22). The Kier molecular flexibility index (Phi) is 3.89. The number of halogens is 1. The molecular formula is C16H12ClN3O2. The van der Waals surface area contributed by atoms with Crippen molar-refractivity contribution in [2.75, 3.05) is 5.32 Å². The fourth-order valence-electron chi connectivity index (χ4n) is 2.21. The van der Waals surface area contributed by atoms with Gasteiger partial charge in [-0.3, -0.25) is 14.6 Å². The highest BCUT2D eigenvalue weighted by Crippen LogP contribution is 2.16. The first-order valence-electron chi connectivity index (χ1n) is 6.62. The molecule has 1 aromatic carbocycles. The molecule has 3 aromatic rings. The van der Waals surface area contributed by atoms with E-state index in [-0.39, 0.29) is 17.9 Å². The number of benzene rings is 1. The fourth-order valence-corrected chi connectivity index (χ4v) is 2.39. The van der Waals surface area contributed by atoms with E-state index < -0.39 is 0 Å². The van der Waals surface area contributed by atoms with Gasteiger partial charge in [-0.2, -0.15) is 0 Å². The number of carbonyl (C=O) groups is 1. The van der Waals surface area contributed by atoms with Crippen molar-refractivity contribution in [3.63, 3.8) is 0 Å². The lowest BCUT2D eigenvalue weighted by atomic mass is 10.2. The summed E-state index contributed by atoms with van der Waals surface area (Å²) in [4.78, 5) is 27.9. The maximum absolute atomic E-state index is 12.1. The van der Waals surface area contributed by atoms with Gasteiger partial charge < -0.3 is 9.88 Å². The van der Waals surface area contributed by atoms with Crippen LogP contribution in [-0.2, 0) is 11.3 Å². The normalized spacial score (nSPS) is 10.6. The molecule has 0 saturated carbocycles. The fraction of sp³-hybridized carbons (Fsp3) is 0.0625. The van der Waals surface area contributed by atoms with Crippen LogP contribution in [0.4, 0.5) is 5.69 Å². The Bertz CT molecular complexity index is 891. The number of carbonyl (C=O) groups excluding carboxylic acids is 1. The molecule has 2 heterocycles. The molecule has 0 radical (unpaired) electrons. The van der Waals surface area contributed by atoms with Crippen LogP contribution in [0.5, 0.6) is 0 Å². The summed E-state index contributed by atoms with van der Waals surface area (Å²) >= 11 is 5.92. The second-order valence-electron chi connectivity index (χ2n) is 4.76. The summed E-state index contributed by atoms with van der Waals surface area (Å²) in [5.41, 5.74) is 1.17. The van der Waals surface area contributed by atoms with E-state index in [9.17, 15) is 9.59 Å². The van der Waals surface area contributed by atoms with Crippen LogP contribution in [0.15, 0.2) is 59.8 Å². The molecule has 0 spiro atoms. The van der Waals surface area contributed by atoms with Crippen LogP contribution in [0.3, 0.4) is 0 Å². The van der Waals surface area contributed by atoms with Gasteiger partial charge in [0.05, 0.1) is 17.4 Å². The van der Waals surface area contributed by atoms with Crippen molar-refractivity contribution in [2.24, 2.45) is 0 Å². The highest BCUT2D eigenvalue weighted by molar-refractivity contribution is 6.31. The third kappa shape index (κ3) is 2.99. The van der Waals surface area contributed by atoms with Gasteiger partial charge in [-0.05, 0) is 30.3 Å². The first kappa shape index (κ1) is 14.3. The van der Waals surface area contributed by atoms with Crippen molar-refractivity contribution in [3.8, 4) is 0 Å². The molecule has 0 aliphatic rings. The van der Waals surface area contributed by atoms with Gasteiger partial charge in [-0.25, -0.2) is 0 Å². The number of pyridine rings is 2. The Morgan fingerprint density at radius 2 is 2.14 bits per heavy atom. The zero-order valence-corrected chi connectivity index (χ0v) is 12.2. The average Bonchev–Trinajstić information content (AvgIpc) is 2.51. The number of anilines is 1. The number of fused-ring (bicyclic) bond motifs is 1. The maximum Gasteiger partial charge on any atom is 0.244 e. The molecule has 0 fully saturated rings. The zero-order chi connectivity index (χ0) is 15.5. The molecule has 0 bridgehead atoms. The van der Waals surface area contributed by atoms with Gasteiger partial charge in [0.1, 0.15) is 6.54 Å². The lowest BCUT2D eigenvalue weighted by Crippen LogP contribution is -2.20. The molecule has 1 amide bonds. The predicted molar refractivity (Wildman–Crippen MR) is 86.1 cm³/mol. The van der Waals surface area contributed by atoms with Crippen LogP contribution in [0.25, 0.3) is 10.9 Å². The minimum absolute atomic E-state index is 0.0906. The number of nitrogens with one attached hydrogen (secondary N) is 1. The molecule has 110 valence electrons. The molecule has 22 heavy (non-hydrogen) atoms. The summed E-state index contributed by atoms with van der Waals surface area (Å²) in [7, 11) is 0. The lowest BCUT2D eigenvalue weighted by molar-refractivity contribution is -0.116. The van der Waals surface area contributed by atoms with Gasteiger partial charge in [0.25, 0.3) is 0 Å². The van der Waals surface area contributed by atoms with Crippen LogP contribution in [-0.4, -0.2) is 15.5 Å². The molecule has 0 saturated heterocycles. The Morgan fingerprint density at radius 1 is 1.27 bits per heavy atom. The van der Waals surface area contributed by atoms with E-state index in [0.717, 1.165) is 0 Å². The Morgan fingerprint density at radius 3 is 2.91 bits per heavy atom. The molecule has 0 atom stereocenters. The van der Waals surface area contributed by atoms with Crippen molar-refractivity contribution in [1.29, 1.82) is 0 Å². The summed E-state index contributed by atoms with van der Waals surface area (Å²) in [5, 5.41) is 3.73. The summed E-state index contributed by atoms with van der Waals surface area (Å²) in [6, 6.07) is 9.96. The van der Waals surface area contributed by atoms with Crippen molar-refractivity contribution in [3.05, 3.63) is 70.2 Å². The summed E-state index contributed by atoms with van der Waals surface area (Å²) < 4.78 is 1.71. The second kappa shape index (κ2) is 5.99. The molecule has 0 unspecified atom stereocenters. The molecule has 3 rings (SSSR count). The Labute approximate surface area is 131 Å². The smallest absolute Gasteiger partial charge is 0.244 e. The lowest BCUT2D eigenvalue weighted by Gasteiger charge is -2.11. The highest BCUT2D eigenvalue weighted by atomic mass is 35.5. The van der Waals surface area contributed by atoms with Crippen LogP contribution >= 0.6 is 11.6 Å². The Hall–Kier alpha value is -2.66. The van der Waals surface area contributed by atoms with Crippen LogP contribution in [0.2, 0.25) is 5.02 Å². The molecule has 0 aliphatic heterocycles. The molecule has 1 N–H and O–H groups in total. The largest absolute Gasteiger partial charge is 0.338 e. The monoisotopic (exact) mass is 313 g/mol. The van der Waals surface area contributed by atoms with E-state index in [0.29, 0.717) is 21.6 Å². The number of hydrogen-bond acceptors (Lipinski definition) is 3. The van der Waals surface area contributed by atoms with E-state index in [4.69, 9.17) is 11.6 Å². The average molecular weight is 314 g/mol. The SMILES string of the molecule is O=C(Cn1ccc(=O)c2cc(Cl)ccc21)Nc1cccnc1. The number of rotatable bonds is 3. The number of hydrogen-bond donors (Lipinski definition) is 1. The van der Waals surface area contributed by atoms with Crippen molar-refractivity contribution < 1.29 is 4.79 Å². The number of amides is 1. The van der Waals surface area contributed by atoms with E-state index >= 15 is 0 Å². The minimum Gasteiger partial charge on any atom is -0.338 e. The highest BCUT2D eigenvalue weighted by Gasteiger charge is 2.08. The van der Waals surface area contributed by atoms with E-state index in [1.165, 1.54) is 6.07 Å². The minimum atomic E-state index is -0.201. The van der Waals surface area contributed by atoms with Crippen LogP contribution < -0.4 is 10.7 Å². The van der Waals surface area contributed by atoms with Gasteiger partial charge in [0, 0.05) is 28.9 Å². The van der Waals surface area contributed by atoms with Crippen molar-refractivity contribution in [1.82, 2.24) is 9.55 Å². The maximum atomic E-state index is 12.1. The van der Waals surface area contributed by atoms with Gasteiger partial charge in [0.15, 0.2) is 5.43 Å². The summed E-state index contributed by atoms with van der Waals surface area (Å²) in [6.07, 6.45) is 4.80. The van der Waals surface area contributed by atoms with Crippen LogP contribution in [0.1, 0.15) is 0 Å². The van der Waals surface area contributed by atoms with Gasteiger partial charge in [-0.1, -0.05) is 11.6 Å². The molecular weight excluding hydrogens is 302 g/mol. The number of nitrogens with zero attached hydrogens (tertiary/aromatic N) is 2.